The van der Waals surface area contributed by atoms with E-state index in [0.29, 0.717) is 30.3 Å². The molecule has 0 bridgehead atoms. The molecule has 1 aromatic carbocycles. The van der Waals surface area contributed by atoms with Crippen molar-refractivity contribution in [1.29, 1.82) is 0 Å². The third-order valence-electron chi connectivity index (χ3n) is 3.67. The third kappa shape index (κ3) is 2.98. The molecule has 1 fully saturated rings. The predicted molar refractivity (Wildman–Crippen MR) is 78.1 cm³/mol. The lowest BCUT2D eigenvalue weighted by Crippen LogP contribution is -2.21. The first-order chi connectivity index (χ1) is 9.72. The van der Waals surface area contributed by atoms with Gasteiger partial charge in [-0.2, -0.15) is 4.98 Å². The van der Waals surface area contributed by atoms with E-state index in [9.17, 15) is 4.79 Å². The van der Waals surface area contributed by atoms with Crippen molar-refractivity contribution in [1.82, 2.24) is 10.1 Å². The molecule has 0 spiro atoms. The second-order valence-electron chi connectivity index (χ2n) is 5.13. The first-order valence-electron chi connectivity index (χ1n) is 6.83. The van der Waals surface area contributed by atoms with Crippen LogP contribution in [0.4, 0.5) is 0 Å². The van der Waals surface area contributed by atoms with Crippen LogP contribution in [0.1, 0.15) is 31.6 Å². The molecule has 0 saturated heterocycles. The van der Waals surface area contributed by atoms with Crippen molar-refractivity contribution in [3.63, 3.8) is 0 Å². The molecule has 0 radical (unpaired) electrons. The van der Waals surface area contributed by atoms with Crippen molar-refractivity contribution in [2.24, 2.45) is 5.92 Å². The number of halogens is 1. The van der Waals surface area contributed by atoms with Gasteiger partial charge in [0, 0.05) is 28.8 Å². The van der Waals surface area contributed by atoms with E-state index in [0.717, 1.165) is 29.3 Å². The average Bonchev–Trinajstić information content (AvgIpc) is 2.91. The van der Waals surface area contributed by atoms with Gasteiger partial charge < -0.3 is 4.52 Å². The fraction of sp³-hybridized carbons (Fsp3) is 0.400. The van der Waals surface area contributed by atoms with E-state index < -0.39 is 0 Å². The zero-order valence-corrected chi connectivity index (χ0v) is 12.6. The number of hydrogen-bond donors (Lipinski definition) is 0. The summed E-state index contributed by atoms with van der Waals surface area (Å²) in [5.74, 6) is 1.53. The highest BCUT2D eigenvalue weighted by Gasteiger charge is 2.24. The number of carbonyl (C=O) groups is 1. The Bertz CT molecular complexity index is 607. The second kappa shape index (κ2) is 5.87. The molecule has 1 saturated carbocycles. The van der Waals surface area contributed by atoms with Gasteiger partial charge in [-0.15, -0.1) is 0 Å². The summed E-state index contributed by atoms with van der Waals surface area (Å²) in [6.07, 6.45) is 4.34. The number of ketones is 1. The number of aromatic nitrogens is 2. The highest BCUT2D eigenvalue weighted by atomic mass is 79.9. The predicted octanol–water partition coefficient (Wildman–Crippen LogP) is 3.80. The van der Waals surface area contributed by atoms with Gasteiger partial charge in [0.05, 0.1) is 0 Å². The molecule has 1 aliphatic carbocycles. The number of benzene rings is 1. The molecular formula is C15H15BrN2O2. The molecule has 1 aromatic heterocycles. The lowest BCUT2D eigenvalue weighted by Gasteiger charge is -2.18. The number of hydrogen-bond acceptors (Lipinski definition) is 4. The smallest absolute Gasteiger partial charge is 0.227 e. The van der Waals surface area contributed by atoms with Crippen molar-refractivity contribution < 1.29 is 9.32 Å². The van der Waals surface area contributed by atoms with Gasteiger partial charge in [-0.05, 0) is 37.1 Å². The van der Waals surface area contributed by atoms with E-state index in [-0.39, 0.29) is 5.92 Å². The zero-order chi connectivity index (χ0) is 13.9. The number of Topliss-reactive ketones (excluding diaryl/α,β-unsaturated/α-hetero) is 1. The van der Waals surface area contributed by atoms with E-state index in [1.54, 1.807) is 0 Å². The van der Waals surface area contributed by atoms with Crippen molar-refractivity contribution in [3.8, 4) is 11.4 Å². The molecule has 0 amide bonds. The Kier molecular flexibility index (Phi) is 3.96. The number of rotatable bonds is 3. The number of carbonyl (C=O) groups excluding carboxylic acids is 1. The molecule has 104 valence electrons. The molecule has 20 heavy (non-hydrogen) atoms. The molecule has 0 N–H and O–H groups in total. The minimum absolute atomic E-state index is 0.0574. The average molecular weight is 335 g/mol. The van der Waals surface area contributed by atoms with Crippen LogP contribution in [-0.2, 0) is 11.2 Å². The van der Waals surface area contributed by atoms with Crippen LogP contribution in [0.15, 0.2) is 33.3 Å². The zero-order valence-electron chi connectivity index (χ0n) is 11.0. The topological polar surface area (TPSA) is 56.0 Å². The quantitative estimate of drug-likeness (QED) is 0.856. The van der Waals surface area contributed by atoms with Gasteiger partial charge in [-0.1, -0.05) is 27.5 Å². The van der Waals surface area contributed by atoms with Crippen LogP contribution in [0.3, 0.4) is 0 Å². The summed E-state index contributed by atoms with van der Waals surface area (Å²) in [6, 6.07) is 7.75. The van der Waals surface area contributed by atoms with Gasteiger partial charge in [0.2, 0.25) is 11.7 Å². The summed E-state index contributed by atoms with van der Waals surface area (Å²) in [5.41, 5.74) is 0.915. The fourth-order valence-electron chi connectivity index (χ4n) is 2.54. The maximum Gasteiger partial charge on any atom is 0.227 e. The molecule has 3 rings (SSSR count). The number of nitrogens with zero attached hydrogens (tertiary/aromatic N) is 2. The second-order valence-corrected chi connectivity index (χ2v) is 6.05. The molecule has 2 aromatic rings. The van der Waals surface area contributed by atoms with E-state index in [1.807, 2.05) is 24.3 Å². The van der Waals surface area contributed by atoms with Crippen molar-refractivity contribution in [2.45, 2.75) is 32.1 Å². The third-order valence-corrected chi connectivity index (χ3v) is 4.20. The van der Waals surface area contributed by atoms with Crippen LogP contribution in [0, 0.1) is 5.92 Å². The van der Waals surface area contributed by atoms with Crippen molar-refractivity contribution in [3.05, 3.63) is 34.6 Å². The van der Waals surface area contributed by atoms with Crippen LogP contribution in [0.25, 0.3) is 11.4 Å². The lowest BCUT2D eigenvalue weighted by molar-refractivity contribution is -0.124. The minimum Gasteiger partial charge on any atom is -0.339 e. The van der Waals surface area contributed by atoms with Crippen LogP contribution in [-0.4, -0.2) is 15.9 Å². The van der Waals surface area contributed by atoms with Crippen molar-refractivity contribution >= 4 is 21.7 Å². The highest BCUT2D eigenvalue weighted by molar-refractivity contribution is 9.10. The Morgan fingerprint density at radius 2 is 2.05 bits per heavy atom. The van der Waals surface area contributed by atoms with E-state index in [2.05, 4.69) is 26.1 Å². The molecule has 5 heteroatoms. The van der Waals surface area contributed by atoms with Crippen LogP contribution in [0.2, 0.25) is 0 Å². The standard InChI is InChI=1S/C15H15BrN2O2/c16-12-7-5-10(6-8-12)15-17-14(20-18-15)9-11-3-1-2-4-13(11)19/h5-8,11H,1-4,9H2. The summed E-state index contributed by atoms with van der Waals surface area (Å²) in [5, 5.41) is 3.99. The summed E-state index contributed by atoms with van der Waals surface area (Å²) in [7, 11) is 0. The molecule has 4 nitrogen and oxygen atoms in total. The summed E-state index contributed by atoms with van der Waals surface area (Å²) >= 11 is 3.39. The Morgan fingerprint density at radius 3 is 2.80 bits per heavy atom. The van der Waals surface area contributed by atoms with Gasteiger partial charge >= 0.3 is 0 Å². The first kappa shape index (κ1) is 13.5. The Labute approximate surface area is 125 Å². The monoisotopic (exact) mass is 334 g/mol. The van der Waals surface area contributed by atoms with Gasteiger partial charge in [-0.3, -0.25) is 4.79 Å². The van der Waals surface area contributed by atoms with Crippen molar-refractivity contribution in [2.75, 3.05) is 0 Å². The van der Waals surface area contributed by atoms with Gasteiger partial charge in [-0.25, -0.2) is 0 Å². The maximum atomic E-state index is 11.8. The lowest BCUT2D eigenvalue weighted by atomic mass is 9.86. The normalized spacial score (nSPS) is 19.2. The van der Waals surface area contributed by atoms with Crippen LogP contribution < -0.4 is 0 Å². The van der Waals surface area contributed by atoms with Crippen LogP contribution >= 0.6 is 15.9 Å². The Hall–Kier alpha value is -1.49. The SMILES string of the molecule is O=C1CCCCC1Cc1nc(-c2ccc(Br)cc2)no1. The molecule has 0 aliphatic heterocycles. The van der Waals surface area contributed by atoms with Gasteiger partial charge in [0.1, 0.15) is 5.78 Å². The highest BCUT2D eigenvalue weighted by Crippen LogP contribution is 2.25. The maximum absolute atomic E-state index is 11.8. The molecule has 1 unspecified atom stereocenters. The largest absolute Gasteiger partial charge is 0.339 e. The van der Waals surface area contributed by atoms with Crippen LogP contribution in [0.5, 0.6) is 0 Å². The molecule has 1 heterocycles. The Balaban J connectivity index is 1.73. The van der Waals surface area contributed by atoms with Gasteiger partial charge in [0.25, 0.3) is 0 Å². The first-order valence-corrected chi connectivity index (χ1v) is 7.63. The van der Waals surface area contributed by atoms with Gasteiger partial charge in [0.15, 0.2) is 0 Å². The fourth-order valence-corrected chi connectivity index (χ4v) is 2.80. The van der Waals surface area contributed by atoms with E-state index in [4.69, 9.17) is 4.52 Å². The minimum atomic E-state index is 0.0574. The van der Waals surface area contributed by atoms with E-state index in [1.165, 1.54) is 0 Å². The summed E-state index contributed by atoms with van der Waals surface area (Å²) in [4.78, 5) is 16.2. The molecular weight excluding hydrogens is 320 g/mol. The Morgan fingerprint density at radius 1 is 1.25 bits per heavy atom. The molecule has 1 atom stereocenters. The summed E-state index contributed by atoms with van der Waals surface area (Å²) in [6.45, 7) is 0. The van der Waals surface area contributed by atoms with E-state index >= 15 is 0 Å². The summed E-state index contributed by atoms with van der Waals surface area (Å²) < 4.78 is 6.29. The molecule has 1 aliphatic rings.